The van der Waals surface area contributed by atoms with Crippen molar-refractivity contribution in [3.05, 3.63) is 171 Å². The maximum absolute atomic E-state index is 2.74. The van der Waals surface area contributed by atoms with Crippen molar-refractivity contribution in [2.24, 2.45) is 0 Å². The van der Waals surface area contributed by atoms with Crippen LogP contribution in [-0.2, 0) is 10.8 Å². The lowest BCUT2D eigenvalue weighted by Crippen LogP contribution is -2.60. The van der Waals surface area contributed by atoms with E-state index in [1.165, 1.54) is 151 Å². The summed E-state index contributed by atoms with van der Waals surface area (Å²) >= 11 is 7.66. The van der Waals surface area contributed by atoms with Gasteiger partial charge < -0.3 is 9.80 Å². The molecule has 0 amide bonds. The van der Waals surface area contributed by atoms with E-state index in [-0.39, 0.29) is 17.5 Å². The van der Waals surface area contributed by atoms with Gasteiger partial charge in [0.15, 0.2) is 0 Å². The zero-order valence-electron chi connectivity index (χ0n) is 43.4. The van der Waals surface area contributed by atoms with Gasteiger partial charge in [0.05, 0.1) is 21.4 Å². The van der Waals surface area contributed by atoms with Gasteiger partial charge in [-0.15, -0.1) is 45.3 Å². The number of rotatable bonds is 5. The highest BCUT2D eigenvalue weighted by molar-refractivity contribution is 7.29. The van der Waals surface area contributed by atoms with Gasteiger partial charge in [-0.1, -0.05) is 140 Å². The summed E-state index contributed by atoms with van der Waals surface area (Å²) in [6.45, 7) is 28.4. The fraction of sp³-hybridized carbons (Fsp3) is 0.231. The quantitative estimate of drug-likeness (QED) is 0.159. The smallest absolute Gasteiger partial charge is 0.256 e. The normalized spacial score (nSPS) is 13.6. The molecule has 0 unspecified atom stereocenters. The lowest BCUT2D eigenvalue weighted by atomic mass is 9.33. The maximum Gasteiger partial charge on any atom is 0.256 e. The van der Waals surface area contributed by atoms with Gasteiger partial charge in [0, 0.05) is 52.1 Å². The van der Waals surface area contributed by atoms with Crippen molar-refractivity contribution in [3.8, 4) is 22.3 Å². The first-order chi connectivity index (χ1) is 34.5. The number of anilines is 6. The molecule has 2 aliphatic rings. The van der Waals surface area contributed by atoms with Crippen LogP contribution in [0.5, 0.6) is 0 Å². The lowest BCUT2D eigenvalue weighted by Gasteiger charge is -2.44. The van der Waals surface area contributed by atoms with E-state index in [1.807, 2.05) is 45.3 Å². The molecule has 0 saturated carbocycles. The summed E-state index contributed by atoms with van der Waals surface area (Å²) in [5.74, 6) is 0.293. The number of thiophene rings is 4. The summed E-state index contributed by atoms with van der Waals surface area (Å²) in [5.41, 5.74) is 23.9. The summed E-state index contributed by atoms with van der Waals surface area (Å²) in [5, 5.41) is 12.8. The topological polar surface area (TPSA) is 6.48 Å². The number of fused-ring (bicyclic) bond motifs is 10. The van der Waals surface area contributed by atoms with E-state index in [0.29, 0.717) is 5.92 Å². The largest absolute Gasteiger partial charge is 0.302 e. The van der Waals surface area contributed by atoms with Crippen LogP contribution in [0.3, 0.4) is 0 Å². The zero-order chi connectivity index (χ0) is 49.9. The third-order valence-electron chi connectivity index (χ3n) is 16.0. The van der Waals surface area contributed by atoms with Crippen molar-refractivity contribution in [3.63, 3.8) is 0 Å². The Kier molecular flexibility index (Phi) is 10.4. The van der Waals surface area contributed by atoms with Crippen LogP contribution in [0, 0.1) is 27.7 Å². The first-order valence-electron chi connectivity index (χ1n) is 25.5. The van der Waals surface area contributed by atoms with Crippen molar-refractivity contribution in [1.82, 2.24) is 0 Å². The second-order valence-electron chi connectivity index (χ2n) is 22.9. The highest BCUT2D eigenvalue weighted by atomic mass is 32.1. The summed E-state index contributed by atoms with van der Waals surface area (Å²) in [6, 6.07) is 47.3. The molecule has 0 fully saturated rings. The van der Waals surface area contributed by atoms with Crippen LogP contribution in [0.1, 0.15) is 100 Å². The first-order valence-corrected chi connectivity index (χ1v) is 28.9. The predicted molar refractivity (Wildman–Crippen MR) is 323 cm³/mol. The van der Waals surface area contributed by atoms with Crippen LogP contribution < -0.4 is 26.2 Å². The van der Waals surface area contributed by atoms with Crippen LogP contribution >= 0.6 is 45.3 Å². The van der Waals surface area contributed by atoms with Crippen LogP contribution in [0.2, 0.25) is 0 Å². The Bertz CT molecular complexity index is 3810. The summed E-state index contributed by atoms with van der Waals surface area (Å²) in [4.78, 5) is 5.49. The minimum atomic E-state index is -0.0174. The minimum absolute atomic E-state index is 0.00382. The third kappa shape index (κ3) is 6.76. The standard InChI is InChI=1S/C65H59BN2S4/c1-35(2)40-29-51-59-52(30-40)68(61-37(4)22-26-44(39(61)6)50-34-70-54-20-16-14-18-46(50)54)63-58(48-32-42(65(10,11)12)24-28-56(48)72-63)66(59)57-47-31-41(64(7,8)9)23-27-55(47)71-62(57)67(51)60-36(3)21-25-43(38(60)5)49-33-69-53-19-15-13-17-45(49)53/h13-35H,1-12H3. The molecule has 0 spiro atoms. The molecule has 11 aromatic rings. The van der Waals surface area contributed by atoms with Crippen LogP contribution in [0.4, 0.5) is 32.8 Å². The molecule has 72 heavy (non-hydrogen) atoms. The van der Waals surface area contributed by atoms with Gasteiger partial charge in [0.25, 0.3) is 6.71 Å². The van der Waals surface area contributed by atoms with Gasteiger partial charge in [-0.05, 0) is 169 Å². The lowest BCUT2D eigenvalue weighted by molar-refractivity contribution is 0.591. The molecule has 2 nitrogen and oxygen atoms in total. The molecule has 2 aliphatic heterocycles. The minimum Gasteiger partial charge on any atom is -0.302 e. The highest BCUT2D eigenvalue weighted by Gasteiger charge is 2.48. The van der Waals surface area contributed by atoms with E-state index >= 15 is 0 Å². The first kappa shape index (κ1) is 45.9. The second kappa shape index (κ2) is 16.3. The molecule has 13 rings (SSSR count). The van der Waals surface area contributed by atoms with Crippen LogP contribution in [-0.4, -0.2) is 6.71 Å². The fourth-order valence-corrected chi connectivity index (χ4v) is 16.5. The molecular formula is C65H59BN2S4. The Balaban J connectivity index is 1.19. The van der Waals surface area contributed by atoms with Gasteiger partial charge in [0.2, 0.25) is 0 Å². The van der Waals surface area contributed by atoms with E-state index in [9.17, 15) is 0 Å². The van der Waals surface area contributed by atoms with E-state index in [4.69, 9.17) is 0 Å². The van der Waals surface area contributed by atoms with E-state index < -0.39 is 0 Å². The molecular weight excluding hydrogens is 948 g/mol. The molecule has 4 aromatic heterocycles. The number of hydrogen-bond acceptors (Lipinski definition) is 6. The van der Waals surface area contributed by atoms with Crippen LogP contribution in [0.15, 0.2) is 132 Å². The Morgan fingerprint density at radius 1 is 0.444 bits per heavy atom. The van der Waals surface area contributed by atoms with Crippen molar-refractivity contribution in [1.29, 1.82) is 0 Å². The summed E-state index contributed by atoms with van der Waals surface area (Å²) in [6.07, 6.45) is 0. The molecule has 0 saturated heterocycles. The number of hydrogen-bond donors (Lipinski definition) is 0. The van der Waals surface area contributed by atoms with E-state index in [1.54, 1.807) is 0 Å². The van der Waals surface area contributed by atoms with Gasteiger partial charge in [0.1, 0.15) is 0 Å². The number of aryl methyl sites for hydroxylation is 2. The molecule has 7 aromatic carbocycles. The third-order valence-corrected chi connectivity index (χ3v) is 20.3. The van der Waals surface area contributed by atoms with Gasteiger partial charge in [-0.3, -0.25) is 0 Å². The maximum atomic E-state index is 2.74. The van der Waals surface area contributed by atoms with E-state index in [2.05, 4.69) is 225 Å². The molecule has 6 heterocycles. The Morgan fingerprint density at radius 3 is 1.29 bits per heavy atom. The molecule has 0 bridgehead atoms. The van der Waals surface area contributed by atoms with Crippen molar-refractivity contribution < 1.29 is 0 Å². The van der Waals surface area contributed by atoms with Crippen molar-refractivity contribution in [2.75, 3.05) is 9.80 Å². The molecule has 7 heteroatoms. The highest BCUT2D eigenvalue weighted by Crippen LogP contribution is 2.55. The molecule has 0 radical (unpaired) electrons. The molecule has 0 N–H and O–H groups in total. The predicted octanol–water partition coefficient (Wildman–Crippen LogP) is 18.9. The Morgan fingerprint density at radius 2 is 0.875 bits per heavy atom. The zero-order valence-corrected chi connectivity index (χ0v) is 46.6. The molecule has 356 valence electrons. The van der Waals surface area contributed by atoms with Gasteiger partial charge >= 0.3 is 0 Å². The van der Waals surface area contributed by atoms with E-state index in [0.717, 1.165) is 0 Å². The summed E-state index contributed by atoms with van der Waals surface area (Å²) in [7, 11) is 0. The average molecular weight is 1010 g/mol. The monoisotopic (exact) mass is 1010 g/mol. The summed E-state index contributed by atoms with van der Waals surface area (Å²) < 4.78 is 5.33. The second-order valence-corrected chi connectivity index (χ2v) is 26.8. The Hall–Kier alpha value is -5.96. The van der Waals surface area contributed by atoms with Gasteiger partial charge in [-0.2, -0.15) is 0 Å². The van der Waals surface area contributed by atoms with Gasteiger partial charge in [-0.25, -0.2) is 0 Å². The molecule has 0 atom stereocenters. The molecule has 0 aliphatic carbocycles. The number of nitrogens with zero attached hydrogens (tertiary/aromatic N) is 2. The average Bonchev–Trinajstić information content (AvgIpc) is 4.15. The fourth-order valence-electron chi connectivity index (χ4n) is 12.1. The van der Waals surface area contributed by atoms with Crippen molar-refractivity contribution in [2.45, 2.75) is 99.8 Å². The van der Waals surface area contributed by atoms with Crippen molar-refractivity contribution >= 4 is 142 Å². The SMILES string of the molecule is Cc1ccc(-c2csc3ccccc23)c(C)c1N1c2cc(C(C)C)cc3c2B(c2c1sc1ccc(C(C)(C)C)cc21)c1c(sc2ccc(C(C)(C)C)cc12)N3c1c(C)ccc(-c2csc3ccccc23)c1C. The number of benzene rings is 7. The van der Waals surface area contributed by atoms with Crippen LogP contribution in [0.25, 0.3) is 62.6 Å². The Labute approximate surface area is 441 Å².